The number of hydrogen-bond acceptors (Lipinski definition) is 2. The first-order chi connectivity index (χ1) is 7.26. The summed E-state index contributed by atoms with van der Waals surface area (Å²) < 4.78 is 36.7. The van der Waals surface area contributed by atoms with Crippen molar-refractivity contribution in [1.29, 1.82) is 0 Å². The molecule has 0 saturated heterocycles. The van der Waals surface area contributed by atoms with Crippen LogP contribution in [-0.2, 0) is 0 Å². The molecule has 0 aliphatic rings. The molecule has 16 heavy (non-hydrogen) atoms. The molecule has 1 N–H and O–H groups in total. The van der Waals surface area contributed by atoms with E-state index in [0.717, 1.165) is 12.8 Å². The Morgan fingerprint density at radius 2 is 1.81 bits per heavy atom. The maximum Gasteiger partial charge on any atom is 0.401 e. The van der Waals surface area contributed by atoms with E-state index < -0.39 is 12.7 Å². The van der Waals surface area contributed by atoms with Gasteiger partial charge in [0.15, 0.2) is 0 Å². The predicted molar refractivity (Wildman–Crippen MR) is 60.5 cm³/mol. The molecule has 2 nitrogen and oxygen atoms in total. The van der Waals surface area contributed by atoms with Crippen LogP contribution in [0.25, 0.3) is 0 Å². The first kappa shape index (κ1) is 15.7. The Kier molecular flexibility index (Phi) is 6.99. The number of nitrogens with zero attached hydrogens (tertiary/aromatic N) is 1. The van der Waals surface area contributed by atoms with E-state index >= 15 is 0 Å². The Morgan fingerprint density at radius 3 is 2.19 bits per heavy atom. The summed E-state index contributed by atoms with van der Waals surface area (Å²) in [7, 11) is 1.54. The van der Waals surface area contributed by atoms with E-state index in [1.165, 1.54) is 11.9 Å². The van der Waals surface area contributed by atoms with Crippen molar-refractivity contribution in [2.24, 2.45) is 0 Å². The topological polar surface area (TPSA) is 15.3 Å². The van der Waals surface area contributed by atoms with Crippen LogP contribution in [0.3, 0.4) is 0 Å². The molecule has 0 aromatic rings. The average Bonchev–Trinajstić information content (AvgIpc) is 2.08. The lowest BCUT2D eigenvalue weighted by Gasteiger charge is -2.29. The maximum absolute atomic E-state index is 12.2. The zero-order valence-electron chi connectivity index (χ0n) is 10.6. The highest BCUT2D eigenvalue weighted by Gasteiger charge is 2.31. The van der Waals surface area contributed by atoms with E-state index in [2.05, 4.69) is 5.32 Å². The molecule has 98 valence electrons. The van der Waals surface area contributed by atoms with E-state index in [1.54, 1.807) is 0 Å². The molecule has 0 aromatic carbocycles. The Hall–Kier alpha value is -0.290. The second kappa shape index (κ2) is 7.12. The number of rotatable bonds is 7. The minimum Gasteiger partial charge on any atom is -0.313 e. The van der Waals surface area contributed by atoms with Crippen molar-refractivity contribution in [2.75, 3.05) is 20.1 Å². The van der Waals surface area contributed by atoms with E-state index in [1.807, 2.05) is 20.8 Å². The lowest BCUT2D eigenvalue weighted by atomic mass is 10.1. The van der Waals surface area contributed by atoms with E-state index in [0.29, 0.717) is 12.6 Å². The summed E-state index contributed by atoms with van der Waals surface area (Å²) in [5.41, 5.74) is 0. The Labute approximate surface area is 96.2 Å². The molecule has 0 bridgehead atoms. The van der Waals surface area contributed by atoms with Gasteiger partial charge in [0.25, 0.3) is 0 Å². The summed E-state index contributed by atoms with van der Waals surface area (Å²) >= 11 is 0. The summed E-state index contributed by atoms with van der Waals surface area (Å²) in [5.74, 6) is 0. The van der Waals surface area contributed by atoms with Gasteiger partial charge in [-0.1, -0.05) is 27.2 Å². The summed E-state index contributed by atoms with van der Waals surface area (Å²) in [4.78, 5) is 1.39. The molecule has 0 rings (SSSR count). The van der Waals surface area contributed by atoms with Gasteiger partial charge in [0, 0.05) is 18.6 Å². The molecule has 0 saturated carbocycles. The van der Waals surface area contributed by atoms with Gasteiger partial charge in [-0.2, -0.15) is 13.2 Å². The van der Waals surface area contributed by atoms with Crippen molar-refractivity contribution < 1.29 is 13.2 Å². The molecule has 1 atom stereocenters. The monoisotopic (exact) mass is 240 g/mol. The van der Waals surface area contributed by atoms with Gasteiger partial charge in [-0.25, -0.2) is 0 Å². The average molecular weight is 240 g/mol. The van der Waals surface area contributed by atoms with Crippen LogP contribution in [0.15, 0.2) is 0 Å². The quantitative estimate of drug-likeness (QED) is 0.736. The Balaban J connectivity index is 4.17. The summed E-state index contributed by atoms with van der Waals surface area (Å²) in [6.45, 7) is 5.75. The van der Waals surface area contributed by atoms with Crippen molar-refractivity contribution in [2.45, 2.75) is 51.9 Å². The lowest BCUT2D eigenvalue weighted by molar-refractivity contribution is -0.147. The molecule has 0 fully saturated rings. The van der Waals surface area contributed by atoms with E-state index in [4.69, 9.17) is 0 Å². The molecule has 0 heterocycles. The maximum atomic E-state index is 12.2. The highest BCUT2D eigenvalue weighted by molar-refractivity contribution is 4.74. The standard InChI is InChI=1S/C11H23F3N2/c1-5-6-10(7-15-9(2)3)16(4)8-11(12,13)14/h9-10,15H,5-8H2,1-4H3. The van der Waals surface area contributed by atoms with E-state index in [-0.39, 0.29) is 6.04 Å². The lowest BCUT2D eigenvalue weighted by Crippen LogP contribution is -2.45. The van der Waals surface area contributed by atoms with Crippen molar-refractivity contribution in [3.63, 3.8) is 0 Å². The Morgan fingerprint density at radius 1 is 1.25 bits per heavy atom. The fraction of sp³-hybridized carbons (Fsp3) is 1.00. The van der Waals surface area contributed by atoms with Gasteiger partial charge in [-0.05, 0) is 13.5 Å². The van der Waals surface area contributed by atoms with Gasteiger partial charge in [-0.15, -0.1) is 0 Å². The molecule has 0 aliphatic carbocycles. The van der Waals surface area contributed by atoms with E-state index in [9.17, 15) is 13.2 Å². The molecule has 0 aromatic heterocycles. The zero-order chi connectivity index (χ0) is 12.8. The predicted octanol–water partition coefficient (Wildman–Crippen LogP) is 2.65. The second-order valence-corrected chi connectivity index (χ2v) is 4.54. The third-order valence-electron chi connectivity index (χ3n) is 2.44. The van der Waals surface area contributed by atoms with Gasteiger partial charge in [0.2, 0.25) is 0 Å². The smallest absolute Gasteiger partial charge is 0.313 e. The largest absolute Gasteiger partial charge is 0.401 e. The molecular weight excluding hydrogens is 217 g/mol. The van der Waals surface area contributed by atoms with Crippen molar-refractivity contribution in [3.8, 4) is 0 Å². The number of nitrogens with one attached hydrogen (secondary N) is 1. The normalized spacial score (nSPS) is 14.8. The highest BCUT2D eigenvalue weighted by Crippen LogP contribution is 2.18. The molecular formula is C11H23F3N2. The van der Waals surface area contributed by atoms with Crippen LogP contribution >= 0.6 is 0 Å². The van der Waals surface area contributed by atoms with Crippen LogP contribution < -0.4 is 5.32 Å². The highest BCUT2D eigenvalue weighted by atomic mass is 19.4. The van der Waals surface area contributed by atoms with Crippen LogP contribution in [-0.4, -0.2) is 43.3 Å². The van der Waals surface area contributed by atoms with Crippen LogP contribution in [0.4, 0.5) is 13.2 Å². The second-order valence-electron chi connectivity index (χ2n) is 4.54. The molecule has 0 radical (unpaired) electrons. The molecule has 0 spiro atoms. The zero-order valence-corrected chi connectivity index (χ0v) is 10.6. The van der Waals surface area contributed by atoms with Crippen LogP contribution in [0.2, 0.25) is 0 Å². The fourth-order valence-electron chi connectivity index (χ4n) is 1.60. The van der Waals surface area contributed by atoms with Gasteiger partial charge in [0.05, 0.1) is 6.54 Å². The molecule has 0 amide bonds. The van der Waals surface area contributed by atoms with Crippen molar-refractivity contribution in [3.05, 3.63) is 0 Å². The fourth-order valence-corrected chi connectivity index (χ4v) is 1.60. The van der Waals surface area contributed by atoms with Crippen LogP contribution in [0, 0.1) is 0 Å². The number of hydrogen-bond donors (Lipinski definition) is 1. The first-order valence-corrected chi connectivity index (χ1v) is 5.76. The minimum atomic E-state index is -4.11. The SMILES string of the molecule is CCCC(CNC(C)C)N(C)CC(F)(F)F. The first-order valence-electron chi connectivity index (χ1n) is 5.76. The minimum absolute atomic E-state index is 0.0472. The number of alkyl halides is 3. The van der Waals surface area contributed by atoms with Crippen molar-refractivity contribution in [1.82, 2.24) is 10.2 Å². The molecule has 0 aliphatic heterocycles. The van der Waals surface area contributed by atoms with Gasteiger partial charge < -0.3 is 5.32 Å². The summed E-state index contributed by atoms with van der Waals surface area (Å²) in [5, 5.41) is 3.19. The van der Waals surface area contributed by atoms with Crippen LogP contribution in [0.5, 0.6) is 0 Å². The van der Waals surface area contributed by atoms with Crippen molar-refractivity contribution >= 4 is 0 Å². The Bertz CT molecular complexity index is 181. The number of likely N-dealkylation sites (N-methyl/N-ethyl adjacent to an activating group) is 1. The third kappa shape index (κ3) is 7.93. The van der Waals surface area contributed by atoms with Crippen LogP contribution in [0.1, 0.15) is 33.6 Å². The number of halogens is 3. The summed E-state index contributed by atoms with van der Waals surface area (Å²) in [6, 6.07) is 0.257. The third-order valence-corrected chi connectivity index (χ3v) is 2.44. The van der Waals surface area contributed by atoms with Gasteiger partial charge in [0.1, 0.15) is 0 Å². The van der Waals surface area contributed by atoms with Gasteiger partial charge >= 0.3 is 6.18 Å². The van der Waals surface area contributed by atoms with Gasteiger partial charge in [-0.3, -0.25) is 4.90 Å². The molecule has 5 heteroatoms. The molecule has 1 unspecified atom stereocenters. The summed E-state index contributed by atoms with van der Waals surface area (Å²) in [6.07, 6.45) is -2.43.